The molecule has 0 amide bonds. The average molecular weight is 617 g/mol. The Balaban J connectivity index is 1.31. The molecule has 1 aliphatic rings. The summed E-state index contributed by atoms with van der Waals surface area (Å²) in [4.78, 5) is 16.7. The van der Waals surface area contributed by atoms with E-state index in [1.54, 1.807) is 11.3 Å². The van der Waals surface area contributed by atoms with Crippen molar-refractivity contribution < 1.29 is 0 Å². The highest BCUT2D eigenvalue weighted by Crippen LogP contribution is 2.44. The largest absolute Gasteiger partial charge is 0.309 e. The summed E-state index contributed by atoms with van der Waals surface area (Å²) in [5.41, 5.74) is 7.46. The van der Waals surface area contributed by atoms with Crippen LogP contribution < -0.4 is 0 Å². The predicted octanol–water partition coefficient (Wildman–Crippen LogP) is 10.8. The maximum Gasteiger partial charge on any atom is 0.164 e. The number of rotatable bonds is 4. The molecule has 0 saturated carbocycles. The Bertz CT molecular complexity index is 2440. The van der Waals surface area contributed by atoms with Gasteiger partial charge in [-0.25, -0.2) is 15.0 Å². The first kappa shape index (κ1) is 26.3. The molecule has 0 spiro atoms. The molecule has 0 atom stereocenters. The molecule has 9 rings (SSSR count). The van der Waals surface area contributed by atoms with Gasteiger partial charge in [0.1, 0.15) is 0 Å². The molecule has 0 bridgehead atoms. The fraction of sp³-hybridized carbons (Fsp3) is 0.0513. The minimum Gasteiger partial charge on any atom is -0.309 e. The van der Waals surface area contributed by atoms with Gasteiger partial charge in [0.05, 0.1) is 20.8 Å². The minimum absolute atomic E-state index is 0.633. The van der Waals surface area contributed by atoms with Crippen LogP contribution in [0.5, 0.6) is 0 Å². The summed E-state index contributed by atoms with van der Waals surface area (Å²) >= 11 is 8.56. The van der Waals surface area contributed by atoms with Gasteiger partial charge in [0.15, 0.2) is 17.5 Å². The molecule has 45 heavy (non-hydrogen) atoms. The van der Waals surface area contributed by atoms with Crippen LogP contribution in [0, 0.1) is 0 Å². The van der Waals surface area contributed by atoms with Gasteiger partial charge in [0.25, 0.3) is 0 Å². The second-order valence-electron chi connectivity index (χ2n) is 11.3. The first-order valence-corrected chi connectivity index (χ1v) is 16.2. The first-order valence-electron chi connectivity index (χ1n) is 15.0. The van der Waals surface area contributed by atoms with E-state index in [0.717, 1.165) is 61.4 Å². The monoisotopic (exact) mass is 616 g/mol. The summed E-state index contributed by atoms with van der Waals surface area (Å²) < 4.78 is 3.41. The van der Waals surface area contributed by atoms with Gasteiger partial charge in [-0.05, 0) is 54.8 Å². The second kappa shape index (κ2) is 10.5. The number of para-hydroxylation sites is 2. The van der Waals surface area contributed by atoms with Crippen molar-refractivity contribution in [3.8, 4) is 39.9 Å². The molecule has 3 aromatic heterocycles. The Morgan fingerprint density at radius 1 is 0.644 bits per heavy atom. The average Bonchev–Trinajstić information content (AvgIpc) is 3.66. The molecule has 0 N–H and O–H groups in total. The van der Waals surface area contributed by atoms with E-state index in [-0.39, 0.29) is 0 Å². The van der Waals surface area contributed by atoms with Crippen LogP contribution in [0.2, 0.25) is 5.02 Å². The molecule has 214 valence electrons. The molecule has 0 saturated heterocycles. The normalized spacial score (nSPS) is 12.7. The summed E-state index contributed by atoms with van der Waals surface area (Å²) in [7, 11) is 0. The predicted molar refractivity (Wildman–Crippen MR) is 188 cm³/mol. The first-order chi connectivity index (χ1) is 22.2. The van der Waals surface area contributed by atoms with E-state index in [9.17, 15) is 0 Å². The lowest BCUT2D eigenvalue weighted by Crippen LogP contribution is -2.01. The molecule has 3 heterocycles. The van der Waals surface area contributed by atoms with Gasteiger partial charge in [0.2, 0.25) is 0 Å². The number of aryl methyl sites for hydroxylation is 1. The summed E-state index contributed by atoms with van der Waals surface area (Å²) in [6.45, 7) is 0. The van der Waals surface area contributed by atoms with Crippen molar-refractivity contribution in [1.82, 2.24) is 19.5 Å². The maximum atomic E-state index is 6.78. The van der Waals surface area contributed by atoms with Crippen LogP contribution in [0.1, 0.15) is 16.9 Å². The Morgan fingerprint density at radius 3 is 2.20 bits per heavy atom. The summed E-state index contributed by atoms with van der Waals surface area (Å²) in [5.74, 6) is 1.92. The number of thiophene rings is 1. The fourth-order valence-corrected chi connectivity index (χ4v) is 8.02. The van der Waals surface area contributed by atoms with E-state index < -0.39 is 0 Å². The third-order valence-electron chi connectivity index (χ3n) is 8.58. The summed E-state index contributed by atoms with van der Waals surface area (Å²) in [6.07, 6.45) is 6.54. The minimum atomic E-state index is 0.633. The van der Waals surface area contributed by atoms with Crippen LogP contribution in [0.3, 0.4) is 0 Å². The molecule has 6 heteroatoms. The van der Waals surface area contributed by atoms with Crippen LogP contribution in [-0.2, 0) is 6.42 Å². The number of hydrogen-bond acceptors (Lipinski definition) is 4. The number of halogens is 1. The van der Waals surface area contributed by atoms with Gasteiger partial charge in [-0.2, -0.15) is 0 Å². The van der Waals surface area contributed by atoms with Crippen LogP contribution in [-0.4, -0.2) is 19.5 Å². The topological polar surface area (TPSA) is 43.6 Å². The molecular weight excluding hydrogens is 592 g/mol. The van der Waals surface area contributed by atoms with Crippen LogP contribution in [0.25, 0.3) is 77.8 Å². The standard InChI is InChI=1S/C39H25ClN4S/c40-31-22-21-30(35-29-16-8-10-18-34(29)45-36(31)35)39-42-37(24-11-3-1-4-12-24)41-38(43-39)25-19-20-28-27-15-7-9-17-32(27)44(33(28)23-25)26-13-5-2-6-14-26/h1-9,11-17,19-23H,10,18H2. The van der Waals surface area contributed by atoms with Crippen LogP contribution >= 0.6 is 22.9 Å². The van der Waals surface area contributed by atoms with Gasteiger partial charge in [-0.1, -0.05) is 103 Å². The molecule has 8 aromatic rings. The van der Waals surface area contributed by atoms with Gasteiger partial charge >= 0.3 is 0 Å². The van der Waals surface area contributed by atoms with Crippen molar-refractivity contribution in [3.05, 3.63) is 137 Å². The van der Waals surface area contributed by atoms with E-state index in [0.29, 0.717) is 17.5 Å². The Kier molecular flexibility index (Phi) is 6.15. The zero-order valence-electron chi connectivity index (χ0n) is 24.1. The van der Waals surface area contributed by atoms with Gasteiger partial charge in [0, 0.05) is 43.4 Å². The molecule has 1 aliphatic carbocycles. The highest BCUT2D eigenvalue weighted by Gasteiger charge is 2.22. The zero-order valence-corrected chi connectivity index (χ0v) is 25.7. The highest BCUT2D eigenvalue weighted by molar-refractivity contribution is 7.20. The number of fused-ring (bicyclic) bond motifs is 6. The molecular formula is C39H25ClN4S. The van der Waals surface area contributed by atoms with E-state index >= 15 is 0 Å². The van der Waals surface area contributed by atoms with Crippen molar-refractivity contribution in [2.75, 3.05) is 0 Å². The lowest BCUT2D eigenvalue weighted by atomic mass is 9.99. The lowest BCUT2D eigenvalue weighted by Gasteiger charge is -2.12. The number of allylic oxidation sites excluding steroid dienone is 1. The smallest absolute Gasteiger partial charge is 0.164 e. The van der Waals surface area contributed by atoms with Crippen molar-refractivity contribution in [3.63, 3.8) is 0 Å². The Labute approximate surface area is 268 Å². The summed E-state index contributed by atoms with van der Waals surface area (Å²) in [6, 6.07) is 39.8. The van der Waals surface area contributed by atoms with Crippen LogP contribution in [0.4, 0.5) is 0 Å². The maximum absolute atomic E-state index is 6.78. The van der Waals surface area contributed by atoms with E-state index in [1.807, 2.05) is 42.5 Å². The third-order valence-corrected chi connectivity index (χ3v) is 10.3. The van der Waals surface area contributed by atoms with Crippen LogP contribution in [0.15, 0.2) is 121 Å². The van der Waals surface area contributed by atoms with E-state index in [4.69, 9.17) is 26.6 Å². The molecule has 4 nitrogen and oxygen atoms in total. The summed E-state index contributed by atoms with van der Waals surface area (Å²) in [5, 5.41) is 4.28. The second-order valence-corrected chi connectivity index (χ2v) is 12.8. The van der Waals surface area contributed by atoms with E-state index in [2.05, 4.69) is 89.5 Å². The number of benzene rings is 5. The number of nitrogens with zero attached hydrogens (tertiary/aromatic N) is 4. The molecule has 5 aromatic carbocycles. The van der Waals surface area contributed by atoms with Crippen molar-refractivity contribution >= 4 is 60.9 Å². The fourth-order valence-electron chi connectivity index (χ4n) is 6.51. The van der Waals surface area contributed by atoms with Crippen molar-refractivity contribution in [2.45, 2.75) is 12.8 Å². The van der Waals surface area contributed by atoms with Crippen molar-refractivity contribution in [2.24, 2.45) is 0 Å². The van der Waals surface area contributed by atoms with Gasteiger partial charge in [-0.15, -0.1) is 11.3 Å². The molecule has 0 unspecified atom stereocenters. The lowest BCUT2D eigenvalue weighted by molar-refractivity contribution is 1.02. The Morgan fingerprint density at radius 2 is 1.36 bits per heavy atom. The van der Waals surface area contributed by atoms with Crippen molar-refractivity contribution in [1.29, 1.82) is 0 Å². The van der Waals surface area contributed by atoms with Gasteiger partial charge in [-0.3, -0.25) is 0 Å². The quantitative estimate of drug-likeness (QED) is 0.197. The molecule has 0 radical (unpaired) electrons. The SMILES string of the molecule is Clc1ccc(-c2nc(-c3ccccc3)nc(-c3ccc4c5ccccc5n(-c5ccccc5)c4c3)n2)c2c3c(sc12)CCC=C3. The van der Waals surface area contributed by atoms with E-state index in [1.165, 1.54) is 21.2 Å². The molecule has 0 aliphatic heterocycles. The third kappa shape index (κ3) is 4.31. The number of hydrogen-bond donors (Lipinski definition) is 0. The highest BCUT2D eigenvalue weighted by atomic mass is 35.5. The van der Waals surface area contributed by atoms with Gasteiger partial charge < -0.3 is 4.57 Å². The molecule has 0 fully saturated rings. The zero-order chi connectivity index (χ0) is 29.9. The Hall–Kier alpha value is -5.10. The number of aromatic nitrogens is 4.